The number of carbonyl (C=O) groups is 1. The van der Waals surface area contributed by atoms with Crippen LogP contribution in [0.15, 0.2) is 34.0 Å². The highest BCUT2D eigenvalue weighted by molar-refractivity contribution is 5.94. The van der Waals surface area contributed by atoms with Gasteiger partial charge in [0.25, 0.3) is 5.91 Å². The van der Waals surface area contributed by atoms with Crippen molar-refractivity contribution in [3.05, 3.63) is 46.8 Å². The molecule has 1 aliphatic rings. The molecule has 2 aromatic heterocycles. The van der Waals surface area contributed by atoms with Gasteiger partial charge < -0.3 is 5.73 Å². The highest BCUT2D eigenvalue weighted by Crippen LogP contribution is 2.29. The molecule has 0 radical (unpaired) electrons. The van der Waals surface area contributed by atoms with Gasteiger partial charge in [0.05, 0.1) is 17.5 Å². The first-order valence-electron chi connectivity index (χ1n) is 10.5. The van der Waals surface area contributed by atoms with E-state index in [1.165, 1.54) is 16.8 Å². The number of nitrogens with two attached hydrogens (primary N) is 1. The number of anilines is 1. The van der Waals surface area contributed by atoms with Gasteiger partial charge in [0.2, 0.25) is 11.6 Å². The van der Waals surface area contributed by atoms with E-state index in [2.05, 4.69) is 47.6 Å². The number of benzene rings is 1. The number of hydrazone groups is 1. The van der Waals surface area contributed by atoms with Crippen LogP contribution >= 0.6 is 0 Å². The van der Waals surface area contributed by atoms with Crippen molar-refractivity contribution < 1.29 is 22.6 Å². The average molecular weight is 477 g/mol. The Kier molecular flexibility index (Phi) is 6.58. The normalized spacial score (nSPS) is 17.4. The van der Waals surface area contributed by atoms with E-state index >= 15 is 0 Å². The van der Waals surface area contributed by atoms with Gasteiger partial charge in [0, 0.05) is 12.6 Å². The Bertz CT molecular complexity index is 1190. The quantitative estimate of drug-likeness (QED) is 0.407. The summed E-state index contributed by atoms with van der Waals surface area (Å²) in [4.78, 5) is 15.0. The summed E-state index contributed by atoms with van der Waals surface area (Å²) in [5, 5.41) is 19.0. The predicted molar refractivity (Wildman–Crippen MR) is 114 cm³/mol. The van der Waals surface area contributed by atoms with Gasteiger partial charge in [-0.1, -0.05) is 23.8 Å². The third-order valence-electron chi connectivity index (χ3n) is 5.56. The largest absolute Gasteiger partial charge is 0.416 e. The van der Waals surface area contributed by atoms with Crippen LogP contribution in [0.4, 0.5) is 19.0 Å². The van der Waals surface area contributed by atoms with Crippen molar-refractivity contribution in [2.24, 2.45) is 5.10 Å². The number of nitrogens with one attached hydrogen (secondary N) is 1. The topological polar surface area (TPSA) is 140 Å². The van der Waals surface area contributed by atoms with Crippen molar-refractivity contribution in [1.82, 2.24) is 35.6 Å². The number of alkyl halides is 3. The molecule has 0 bridgehead atoms. The Morgan fingerprint density at radius 3 is 2.88 bits per heavy atom. The highest BCUT2D eigenvalue weighted by atomic mass is 19.4. The zero-order valence-electron chi connectivity index (χ0n) is 18.2. The number of halogens is 3. The smallest absolute Gasteiger partial charge is 0.378 e. The standard InChI is InChI=1S/C20H22F3N9O2/c1-12-5-2-3-8-31(12)11-15-16(26-30-32(15)18-17(24)28-34-29-18)19(33)27-25-10-13-6-4-7-14(9-13)20(21,22)23/h4,6-7,9-10,12H,2-3,5,8,11H2,1H3,(H2,24,28)(H,27,33)/b25-10-. The monoisotopic (exact) mass is 477 g/mol. The van der Waals surface area contributed by atoms with Crippen molar-refractivity contribution in [2.75, 3.05) is 12.3 Å². The first-order valence-corrected chi connectivity index (χ1v) is 10.5. The fourth-order valence-corrected chi connectivity index (χ4v) is 3.73. The van der Waals surface area contributed by atoms with Crippen molar-refractivity contribution in [1.29, 1.82) is 0 Å². The number of nitrogens with zero attached hydrogens (tertiary/aromatic N) is 7. The lowest BCUT2D eigenvalue weighted by Crippen LogP contribution is -2.38. The molecule has 1 atom stereocenters. The van der Waals surface area contributed by atoms with E-state index in [9.17, 15) is 18.0 Å². The summed E-state index contributed by atoms with van der Waals surface area (Å²) in [6, 6.07) is 4.85. The zero-order chi connectivity index (χ0) is 24.3. The van der Waals surface area contributed by atoms with Crippen molar-refractivity contribution in [3.63, 3.8) is 0 Å². The summed E-state index contributed by atoms with van der Waals surface area (Å²) < 4.78 is 44.6. The van der Waals surface area contributed by atoms with Crippen LogP contribution in [0.3, 0.4) is 0 Å². The number of piperidine rings is 1. The zero-order valence-corrected chi connectivity index (χ0v) is 18.2. The van der Waals surface area contributed by atoms with Gasteiger partial charge in [-0.15, -0.1) is 5.10 Å². The molecule has 3 aromatic rings. The molecular weight excluding hydrogens is 455 g/mol. The van der Waals surface area contributed by atoms with E-state index in [-0.39, 0.29) is 28.9 Å². The molecule has 1 aromatic carbocycles. The van der Waals surface area contributed by atoms with E-state index in [0.717, 1.165) is 44.2 Å². The van der Waals surface area contributed by atoms with Crippen LogP contribution in [0.1, 0.15) is 53.5 Å². The first-order chi connectivity index (χ1) is 16.2. The number of aromatic nitrogens is 5. The van der Waals surface area contributed by atoms with Crippen LogP contribution in [0.2, 0.25) is 0 Å². The van der Waals surface area contributed by atoms with Gasteiger partial charge in [-0.05, 0) is 54.3 Å². The van der Waals surface area contributed by atoms with Crippen LogP contribution in [0, 0.1) is 0 Å². The number of rotatable bonds is 6. The molecule has 0 spiro atoms. The second kappa shape index (κ2) is 9.59. The summed E-state index contributed by atoms with van der Waals surface area (Å²) >= 11 is 0. The van der Waals surface area contributed by atoms with Crippen LogP contribution < -0.4 is 11.2 Å². The second-order valence-electron chi connectivity index (χ2n) is 7.91. The molecule has 11 nitrogen and oxygen atoms in total. The maximum absolute atomic E-state index is 12.9. The van der Waals surface area contributed by atoms with Gasteiger partial charge >= 0.3 is 6.18 Å². The molecule has 3 N–H and O–H groups in total. The number of hydrogen-bond acceptors (Lipinski definition) is 9. The lowest BCUT2D eigenvalue weighted by molar-refractivity contribution is -0.137. The van der Waals surface area contributed by atoms with Crippen LogP contribution in [0.5, 0.6) is 0 Å². The fraction of sp³-hybridized carbons (Fsp3) is 0.400. The lowest BCUT2D eigenvalue weighted by Gasteiger charge is -2.33. The molecular formula is C20H22F3N9O2. The number of hydrogen-bond donors (Lipinski definition) is 2. The number of likely N-dealkylation sites (tertiary alicyclic amines) is 1. The number of amides is 1. The minimum absolute atomic E-state index is 0.0210. The van der Waals surface area contributed by atoms with Crippen molar-refractivity contribution in [3.8, 4) is 5.82 Å². The molecule has 180 valence electrons. The SMILES string of the molecule is CC1CCCCN1Cc1c(C(=O)N/N=C\c2cccc(C(F)(F)F)c2)nnn1-c1nonc1N. The van der Waals surface area contributed by atoms with Gasteiger partial charge in [-0.2, -0.15) is 23.0 Å². The summed E-state index contributed by atoms with van der Waals surface area (Å²) in [7, 11) is 0. The Balaban J connectivity index is 1.57. The maximum atomic E-state index is 12.9. The van der Waals surface area contributed by atoms with E-state index < -0.39 is 17.6 Å². The summed E-state index contributed by atoms with van der Waals surface area (Å²) in [6.45, 7) is 3.26. The third-order valence-corrected chi connectivity index (χ3v) is 5.56. The minimum atomic E-state index is -4.48. The molecule has 14 heteroatoms. The van der Waals surface area contributed by atoms with Crippen LogP contribution in [0.25, 0.3) is 5.82 Å². The van der Waals surface area contributed by atoms with Crippen LogP contribution in [-0.4, -0.2) is 54.9 Å². The van der Waals surface area contributed by atoms with Crippen LogP contribution in [-0.2, 0) is 12.7 Å². The molecule has 3 heterocycles. The van der Waals surface area contributed by atoms with Gasteiger partial charge in [-0.3, -0.25) is 9.69 Å². The Morgan fingerprint density at radius 1 is 1.35 bits per heavy atom. The molecule has 1 saturated heterocycles. The maximum Gasteiger partial charge on any atom is 0.416 e. The molecule has 0 saturated carbocycles. The molecule has 0 aliphatic carbocycles. The molecule has 4 rings (SSSR count). The van der Waals surface area contributed by atoms with E-state index in [4.69, 9.17) is 5.73 Å². The number of carbonyl (C=O) groups excluding carboxylic acids is 1. The van der Waals surface area contributed by atoms with Gasteiger partial charge in [-0.25, -0.2) is 10.1 Å². The van der Waals surface area contributed by atoms with Gasteiger partial charge in [0.1, 0.15) is 0 Å². The molecule has 34 heavy (non-hydrogen) atoms. The Hall–Kier alpha value is -3.81. The van der Waals surface area contributed by atoms with E-state index in [0.29, 0.717) is 12.2 Å². The third kappa shape index (κ3) is 5.06. The Labute approximate surface area is 191 Å². The van der Waals surface area contributed by atoms with Gasteiger partial charge in [0.15, 0.2) is 5.69 Å². The fourth-order valence-electron chi connectivity index (χ4n) is 3.73. The molecule has 1 unspecified atom stereocenters. The molecule has 1 fully saturated rings. The average Bonchev–Trinajstić information content (AvgIpc) is 3.40. The molecule has 1 aliphatic heterocycles. The summed E-state index contributed by atoms with van der Waals surface area (Å²) in [5.74, 6) is -0.616. The highest BCUT2D eigenvalue weighted by Gasteiger charge is 2.30. The van der Waals surface area contributed by atoms with Crippen molar-refractivity contribution >= 4 is 17.9 Å². The number of nitrogen functional groups attached to an aromatic ring is 1. The first kappa shape index (κ1) is 23.4. The Morgan fingerprint density at radius 2 is 2.18 bits per heavy atom. The molecule has 1 amide bonds. The summed E-state index contributed by atoms with van der Waals surface area (Å²) in [5.41, 5.74) is 7.82. The van der Waals surface area contributed by atoms with E-state index in [1.54, 1.807) is 0 Å². The predicted octanol–water partition coefficient (Wildman–Crippen LogP) is 2.39. The summed E-state index contributed by atoms with van der Waals surface area (Å²) in [6.07, 6.45) is -0.221. The van der Waals surface area contributed by atoms with E-state index in [1.807, 2.05) is 0 Å². The minimum Gasteiger partial charge on any atom is -0.378 e. The second-order valence-corrected chi connectivity index (χ2v) is 7.91. The van der Waals surface area contributed by atoms with Crippen molar-refractivity contribution in [2.45, 2.75) is 44.9 Å². The lowest BCUT2D eigenvalue weighted by atomic mass is 10.0.